The number of carbonyl (C=O) groups is 3. The van der Waals surface area contributed by atoms with Gasteiger partial charge in [0.25, 0.3) is 11.8 Å². The standard InChI is InChI=1S/C33H38BrN3O5/c1-23(2)21-41-24(3)31(33(40)37-42-22-27-10-6-7-11-27)36-32(39)28-16-12-25(13-17-28)8-4-5-9-26-14-18-29(19-15-26)35-30(38)20-34/h12-19,23-24,27,31H,6-7,10-11,20-22H2,1-3H3,(H,35,38)(H,36,39)(H,37,40)/t24?,31-/m0/s1. The summed E-state index contributed by atoms with van der Waals surface area (Å²) in [5.74, 6) is 11.3. The van der Waals surface area contributed by atoms with E-state index in [0.29, 0.717) is 35.9 Å². The quantitative estimate of drug-likeness (QED) is 0.176. The minimum absolute atomic E-state index is 0.127. The molecule has 8 nitrogen and oxygen atoms in total. The van der Waals surface area contributed by atoms with Crippen molar-refractivity contribution in [3.05, 3.63) is 65.2 Å². The van der Waals surface area contributed by atoms with E-state index in [-0.39, 0.29) is 17.2 Å². The fourth-order valence-electron chi connectivity index (χ4n) is 4.28. The number of carbonyl (C=O) groups excluding carboxylic acids is 3. The first kappa shape index (κ1) is 32.9. The highest BCUT2D eigenvalue weighted by Gasteiger charge is 2.29. The molecule has 0 spiro atoms. The van der Waals surface area contributed by atoms with Crippen molar-refractivity contribution in [2.45, 2.75) is 58.6 Å². The average molecular weight is 637 g/mol. The van der Waals surface area contributed by atoms with Gasteiger partial charge in [-0.25, -0.2) is 5.48 Å². The zero-order valence-corrected chi connectivity index (χ0v) is 25.9. The highest BCUT2D eigenvalue weighted by Crippen LogP contribution is 2.24. The Hall–Kier alpha value is -3.63. The van der Waals surface area contributed by atoms with Crippen molar-refractivity contribution in [3.8, 4) is 23.7 Å². The summed E-state index contributed by atoms with van der Waals surface area (Å²) in [6, 6.07) is 13.0. The van der Waals surface area contributed by atoms with E-state index in [9.17, 15) is 14.4 Å². The van der Waals surface area contributed by atoms with Gasteiger partial charge in [-0.15, -0.1) is 0 Å². The van der Waals surface area contributed by atoms with E-state index in [1.54, 1.807) is 55.5 Å². The lowest BCUT2D eigenvalue weighted by Crippen LogP contribution is -2.53. The van der Waals surface area contributed by atoms with E-state index in [4.69, 9.17) is 9.57 Å². The van der Waals surface area contributed by atoms with Crippen LogP contribution in [0.15, 0.2) is 48.5 Å². The second-order valence-corrected chi connectivity index (χ2v) is 11.2. The number of anilines is 1. The Balaban J connectivity index is 1.58. The minimum Gasteiger partial charge on any atom is -0.376 e. The number of nitrogens with one attached hydrogen (secondary N) is 3. The Labute approximate surface area is 256 Å². The van der Waals surface area contributed by atoms with Crippen molar-refractivity contribution in [2.75, 3.05) is 23.9 Å². The first-order chi connectivity index (χ1) is 20.2. The molecule has 0 saturated heterocycles. The van der Waals surface area contributed by atoms with Crippen LogP contribution in [0.5, 0.6) is 0 Å². The largest absolute Gasteiger partial charge is 0.376 e. The number of alkyl halides is 1. The molecule has 1 aliphatic carbocycles. The molecule has 0 bridgehead atoms. The topological polar surface area (TPSA) is 106 Å². The predicted molar refractivity (Wildman–Crippen MR) is 167 cm³/mol. The summed E-state index contributed by atoms with van der Waals surface area (Å²) in [4.78, 5) is 42.9. The lowest BCUT2D eigenvalue weighted by molar-refractivity contribution is -0.140. The van der Waals surface area contributed by atoms with Crippen molar-refractivity contribution in [1.82, 2.24) is 10.8 Å². The fraction of sp³-hybridized carbons (Fsp3) is 0.424. The molecule has 0 aromatic heterocycles. The highest BCUT2D eigenvalue weighted by molar-refractivity contribution is 9.09. The predicted octanol–water partition coefficient (Wildman–Crippen LogP) is 4.82. The van der Waals surface area contributed by atoms with E-state index in [1.165, 1.54) is 12.8 Å². The third-order valence-electron chi connectivity index (χ3n) is 6.61. The third kappa shape index (κ3) is 11.3. The van der Waals surface area contributed by atoms with Crippen LogP contribution in [0.2, 0.25) is 0 Å². The molecule has 2 atom stereocenters. The van der Waals surface area contributed by atoms with E-state index in [0.717, 1.165) is 18.4 Å². The van der Waals surface area contributed by atoms with Gasteiger partial charge in [-0.3, -0.25) is 19.2 Å². The molecule has 9 heteroatoms. The molecule has 0 heterocycles. The van der Waals surface area contributed by atoms with Gasteiger partial charge in [-0.2, -0.15) is 0 Å². The lowest BCUT2D eigenvalue weighted by atomic mass is 10.1. The Morgan fingerprint density at radius 2 is 1.52 bits per heavy atom. The van der Waals surface area contributed by atoms with Crippen LogP contribution in [0.25, 0.3) is 0 Å². The van der Waals surface area contributed by atoms with Crippen LogP contribution < -0.4 is 16.1 Å². The number of benzene rings is 2. The molecular weight excluding hydrogens is 598 g/mol. The maximum absolute atomic E-state index is 13.0. The van der Waals surface area contributed by atoms with Gasteiger partial charge in [0.1, 0.15) is 6.04 Å². The summed E-state index contributed by atoms with van der Waals surface area (Å²) in [5, 5.41) is 5.78. The molecule has 0 radical (unpaired) electrons. The van der Waals surface area contributed by atoms with Crippen LogP contribution in [-0.2, 0) is 19.2 Å². The zero-order valence-electron chi connectivity index (χ0n) is 24.3. The van der Waals surface area contributed by atoms with Gasteiger partial charge in [-0.05, 0) is 92.0 Å². The van der Waals surface area contributed by atoms with E-state index in [1.807, 2.05) is 13.8 Å². The second kappa shape index (κ2) is 17.4. The van der Waals surface area contributed by atoms with Gasteiger partial charge in [0, 0.05) is 29.0 Å². The van der Waals surface area contributed by atoms with Gasteiger partial charge in [-0.1, -0.05) is 54.5 Å². The molecular formula is C33H38BrN3O5. The fourth-order valence-corrected chi connectivity index (χ4v) is 4.42. The molecule has 42 heavy (non-hydrogen) atoms. The summed E-state index contributed by atoms with van der Waals surface area (Å²) in [7, 11) is 0. The maximum atomic E-state index is 13.0. The second-order valence-electron chi connectivity index (χ2n) is 10.6. The SMILES string of the molecule is CC(C)COC(C)[C@H](NC(=O)c1ccc(C#CC#Cc2ccc(NC(=O)CBr)cc2)cc1)C(=O)NOCC1CCCC1. The van der Waals surface area contributed by atoms with Gasteiger partial charge in [0.05, 0.1) is 18.0 Å². The van der Waals surface area contributed by atoms with Crippen LogP contribution in [0, 0.1) is 35.5 Å². The monoisotopic (exact) mass is 635 g/mol. The van der Waals surface area contributed by atoms with Crippen molar-refractivity contribution in [1.29, 1.82) is 0 Å². The number of ether oxygens (including phenoxy) is 1. The summed E-state index contributed by atoms with van der Waals surface area (Å²) in [6.07, 6.45) is 4.02. The molecule has 2 aromatic rings. The Morgan fingerprint density at radius 3 is 2.10 bits per heavy atom. The lowest BCUT2D eigenvalue weighted by Gasteiger charge is -2.25. The summed E-state index contributed by atoms with van der Waals surface area (Å²) in [6.45, 7) is 6.73. The molecule has 3 N–H and O–H groups in total. The van der Waals surface area contributed by atoms with Crippen LogP contribution in [0.4, 0.5) is 5.69 Å². The molecule has 1 unspecified atom stereocenters. The van der Waals surface area contributed by atoms with Gasteiger partial charge >= 0.3 is 0 Å². The first-order valence-electron chi connectivity index (χ1n) is 14.2. The molecule has 3 amide bonds. The van der Waals surface area contributed by atoms with E-state index < -0.39 is 24.0 Å². The number of amides is 3. The van der Waals surface area contributed by atoms with Gasteiger partial charge < -0.3 is 15.4 Å². The molecule has 222 valence electrons. The molecule has 0 aliphatic heterocycles. The van der Waals surface area contributed by atoms with Crippen LogP contribution in [0.3, 0.4) is 0 Å². The summed E-state index contributed by atoms with van der Waals surface area (Å²) >= 11 is 3.11. The smallest absolute Gasteiger partial charge is 0.268 e. The minimum atomic E-state index is -0.927. The molecule has 2 aromatic carbocycles. The first-order valence-corrected chi connectivity index (χ1v) is 15.3. The van der Waals surface area contributed by atoms with E-state index >= 15 is 0 Å². The van der Waals surface area contributed by atoms with Crippen LogP contribution in [0.1, 0.15) is 67.9 Å². The Kier molecular flexibility index (Phi) is 13.6. The number of hydroxylamine groups is 1. The van der Waals surface area contributed by atoms with Crippen molar-refractivity contribution < 1.29 is 24.0 Å². The normalized spacial score (nSPS) is 14.1. The number of hydrogen-bond donors (Lipinski definition) is 3. The maximum Gasteiger partial charge on any atom is 0.268 e. The zero-order chi connectivity index (χ0) is 30.3. The van der Waals surface area contributed by atoms with Crippen LogP contribution >= 0.6 is 15.9 Å². The van der Waals surface area contributed by atoms with Gasteiger partial charge in [0.2, 0.25) is 5.91 Å². The molecule has 1 saturated carbocycles. The van der Waals surface area contributed by atoms with Crippen molar-refractivity contribution in [3.63, 3.8) is 0 Å². The number of hydrogen-bond acceptors (Lipinski definition) is 5. The average Bonchev–Trinajstić information content (AvgIpc) is 3.51. The Morgan fingerprint density at radius 1 is 0.929 bits per heavy atom. The summed E-state index contributed by atoms with van der Waals surface area (Å²) < 4.78 is 5.85. The highest BCUT2D eigenvalue weighted by atomic mass is 79.9. The number of halogens is 1. The summed E-state index contributed by atoms with van der Waals surface area (Å²) in [5.41, 5.74) is 5.05. The molecule has 3 rings (SSSR count). The molecule has 1 fully saturated rings. The van der Waals surface area contributed by atoms with E-state index in [2.05, 4.69) is 55.7 Å². The Bertz CT molecular complexity index is 1310. The number of rotatable bonds is 12. The molecule has 1 aliphatic rings. The van der Waals surface area contributed by atoms with Crippen LogP contribution in [-0.4, -0.2) is 48.4 Å². The third-order valence-corrected chi connectivity index (χ3v) is 7.12. The van der Waals surface area contributed by atoms with Crippen molar-refractivity contribution >= 4 is 39.3 Å². The van der Waals surface area contributed by atoms with Gasteiger partial charge in [0.15, 0.2) is 0 Å². The van der Waals surface area contributed by atoms with Crippen molar-refractivity contribution in [2.24, 2.45) is 11.8 Å².